The van der Waals surface area contributed by atoms with Crippen LogP contribution in [0.2, 0.25) is 0 Å². The molecule has 1 N–H and O–H groups in total. The summed E-state index contributed by atoms with van der Waals surface area (Å²) in [6.07, 6.45) is 3.52. The smallest absolute Gasteiger partial charge is 0.250 e. The van der Waals surface area contributed by atoms with Crippen molar-refractivity contribution >= 4 is 5.69 Å². The highest BCUT2D eigenvalue weighted by molar-refractivity contribution is 5.40. The Morgan fingerprint density at radius 3 is 2.88 bits per heavy atom. The second-order valence-electron chi connectivity index (χ2n) is 3.74. The molecule has 0 saturated carbocycles. The predicted molar refractivity (Wildman–Crippen MR) is 64.7 cm³/mol. The number of aromatic nitrogens is 4. The molecule has 2 aromatic heterocycles. The summed E-state index contributed by atoms with van der Waals surface area (Å²) in [6, 6.07) is 3.34. The van der Waals surface area contributed by atoms with Gasteiger partial charge in [0.15, 0.2) is 0 Å². The summed E-state index contributed by atoms with van der Waals surface area (Å²) >= 11 is 0. The van der Waals surface area contributed by atoms with Crippen molar-refractivity contribution in [1.82, 2.24) is 19.6 Å². The molecule has 0 spiro atoms. The normalized spacial score (nSPS) is 10.5. The minimum absolute atomic E-state index is 0.0141. The molecule has 2 heterocycles. The Morgan fingerprint density at radius 1 is 1.41 bits per heavy atom. The van der Waals surface area contributed by atoms with Crippen molar-refractivity contribution in [2.24, 2.45) is 7.05 Å². The van der Waals surface area contributed by atoms with E-state index in [0.29, 0.717) is 13.1 Å². The minimum Gasteiger partial charge on any atom is -0.378 e. The van der Waals surface area contributed by atoms with Gasteiger partial charge in [-0.25, -0.2) is 0 Å². The maximum Gasteiger partial charge on any atom is 0.250 e. The second kappa shape index (κ2) is 4.82. The van der Waals surface area contributed by atoms with Gasteiger partial charge in [-0.1, -0.05) is 5.21 Å². The van der Waals surface area contributed by atoms with Gasteiger partial charge in [0, 0.05) is 25.9 Å². The monoisotopic (exact) mass is 233 g/mol. The Bertz CT molecular complexity index is 557. The lowest BCUT2D eigenvalue weighted by atomic mass is 10.3. The van der Waals surface area contributed by atoms with E-state index in [-0.39, 0.29) is 5.56 Å². The van der Waals surface area contributed by atoms with Crippen LogP contribution in [0.15, 0.2) is 29.3 Å². The topological polar surface area (TPSA) is 64.7 Å². The van der Waals surface area contributed by atoms with E-state index in [1.165, 1.54) is 0 Å². The molecule has 0 fully saturated rings. The summed E-state index contributed by atoms with van der Waals surface area (Å²) in [5, 5.41) is 10.9. The highest BCUT2D eigenvalue weighted by Gasteiger charge is 2.00. The Morgan fingerprint density at radius 2 is 2.24 bits per heavy atom. The van der Waals surface area contributed by atoms with Crippen LogP contribution in [0, 0.1) is 0 Å². The van der Waals surface area contributed by atoms with Gasteiger partial charge < -0.3 is 9.88 Å². The van der Waals surface area contributed by atoms with E-state index in [0.717, 1.165) is 11.4 Å². The third-order valence-corrected chi connectivity index (χ3v) is 2.61. The maximum absolute atomic E-state index is 11.4. The molecule has 0 aromatic carbocycles. The minimum atomic E-state index is 0.0141. The Labute approximate surface area is 98.9 Å². The summed E-state index contributed by atoms with van der Waals surface area (Å²) in [6.45, 7) is 3.24. The number of aryl methyl sites for hydroxylation is 2. The molecule has 0 unspecified atom stereocenters. The molecular formula is C11H15N5O. The van der Waals surface area contributed by atoms with Crippen LogP contribution in [0.4, 0.5) is 5.69 Å². The van der Waals surface area contributed by atoms with Crippen molar-refractivity contribution in [2.75, 3.05) is 5.32 Å². The first-order valence-electron chi connectivity index (χ1n) is 5.48. The van der Waals surface area contributed by atoms with E-state index < -0.39 is 0 Å². The van der Waals surface area contributed by atoms with Crippen molar-refractivity contribution in [3.05, 3.63) is 40.6 Å². The zero-order chi connectivity index (χ0) is 12.3. The van der Waals surface area contributed by atoms with E-state index >= 15 is 0 Å². The van der Waals surface area contributed by atoms with Crippen LogP contribution >= 0.6 is 0 Å². The zero-order valence-corrected chi connectivity index (χ0v) is 9.92. The molecule has 0 aliphatic heterocycles. The van der Waals surface area contributed by atoms with Gasteiger partial charge in [0.25, 0.3) is 5.56 Å². The SMILES string of the molecule is CCn1cc(NCc2cnnn2C)ccc1=O. The van der Waals surface area contributed by atoms with Crippen LogP contribution < -0.4 is 10.9 Å². The van der Waals surface area contributed by atoms with E-state index in [9.17, 15) is 4.79 Å². The maximum atomic E-state index is 11.4. The van der Waals surface area contributed by atoms with Crippen LogP contribution in [-0.4, -0.2) is 19.6 Å². The fraction of sp³-hybridized carbons (Fsp3) is 0.364. The molecule has 0 aliphatic rings. The van der Waals surface area contributed by atoms with Gasteiger partial charge in [-0.2, -0.15) is 0 Å². The van der Waals surface area contributed by atoms with Gasteiger partial charge in [0.1, 0.15) is 0 Å². The quantitative estimate of drug-likeness (QED) is 0.840. The highest BCUT2D eigenvalue weighted by Crippen LogP contribution is 2.05. The lowest BCUT2D eigenvalue weighted by Crippen LogP contribution is -2.18. The van der Waals surface area contributed by atoms with Gasteiger partial charge in [-0.05, 0) is 13.0 Å². The van der Waals surface area contributed by atoms with Crippen LogP contribution in [0.5, 0.6) is 0 Å². The third-order valence-electron chi connectivity index (χ3n) is 2.61. The number of hydrogen-bond donors (Lipinski definition) is 1. The number of nitrogens with zero attached hydrogens (tertiary/aromatic N) is 4. The van der Waals surface area contributed by atoms with Gasteiger partial charge >= 0.3 is 0 Å². The Hall–Kier alpha value is -2.11. The van der Waals surface area contributed by atoms with E-state index in [1.807, 2.05) is 20.2 Å². The van der Waals surface area contributed by atoms with Crippen LogP contribution in [-0.2, 0) is 20.1 Å². The molecule has 6 heteroatoms. The predicted octanol–water partition coefficient (Wildman–Crippen LogP) is 0.609. The molecular weight excluding hydrogens is 218 g/mol. The molecule has 0 bridgehead atoms. The van der Waals surface area contributed by atoms with Gasteiger partial charge in [0.05, 0.1) is 24.1 Å². The average Bonchev–Trinajstić information content (AvgIpc) is 2.74. The van der Waals surface area contributed by atoms with Gasteiger partial charge in [-0.3, -0.25) is 9.48 Å². The molecule has 0 amide bonds. The largest absolute Gasteiger partial charge is 0.378 e. The lowest BCUT2D eigenvalue weighted by molar-refractivity contribution is 0.682. The van der Waals surface area contributed by atoms with E-state index in [1.54, 1.807) is 27.6 Å². The molecule has 0 radical (unpaired) electrons. The van der Waals surface area contributed by atoms with Crippen molar-refractivity contribution < 1.29 is 0 Å². The van der Waals surface area contributed by atoms with Crippen molar-refractivity contribution in [3.8, 4) is 0 Å². The second-order valence-corrected chi connectivity index (χ2v) is 3.74. The van der Waals surface area contributed by atoms with Crippen LogP contribution in [0.1, 0.15) is 12.6 Å². The van der Waals surface area contributed by atoms with Crippen molar-refractivity contribution in [3.63, 3.8) is 0 Å². The summed E-state index contributed by atoms with van der Waals surface area (Å²) < 4.78 is 3.37. The number of hydrogen-bond acceptors (Lipinski definition) is 4. The fourth-order valence-electron chi connectivity index (χ4n) is 1.55. The number of rotatable bonds is 4. The summed E-state index contributed by atoms with van der Waals surface area (Å²) in [5.41, 5.74) is 1.91. The molecule has 0 aliphatic carbocycles. The number of anilines is 1. The third kappa shape index (κ3) is 2.52. The molecule has 2 aromatic rings. The highest BCUT2D eigenvalue weighted by atomic mass is 16.1. The van der Waals surface area contributed by atoms with E-state index in [2.05, 4.69) is 15.6 Å². The number of pyridine rings is 1. The first kappa shape index (κ1) is 11.4. The summed E-state index contributed by atoms with van der Waals surface area (Å²) in [5.74, 6) is 0. The fourth-order valence-corrected chi connectivity index (χ4v) is 1.55. The van der Waals surface area contributed by atoms with Crippen molar-refractivity contribution in [1.29, 1.82) is 0 Å². The molecule has 0 atom stereocenters. The van der Waals surface area contributed by atoms with Crippen LogP contribution in [0.25, 0.3) is 0 Å². The summed E-state index contributed by atoms with van der Waals surface area (Å²) in [4.78, 5) is 11.4. The van der Waals surface area contributed by atoms with Gasteiger partial charge in [-0.15, -0.1) is 5.10 Å². The molecule has 90 valence electrons. The van der Waals surface area contributed by atoms with Crippen molar-refractivity contribution in [2.45, 2.75) is 20.0 Å². The molecule has 17 heavy (non-hydrogen) atoms. The van der Waals surface area contributed by atoms with Gasteiger partial charge in [0.2, 0.25) is 0 Å². The first-order valence-corrected chi connectivity index (χ1v) is 5.48. The standard InChI is InChI=1S/C11H15N5O/c1-3-16-8-9(4-5-11(16)17)12-6-10-7-13-14-15(10)2/h4-5,7-8,12H,3,6H2,1-2H3. The zero-order valence-electron chi connectivity index (χ0n) is 9.92. The average molecular weight is 233 g/mol. The molecule has 6 nitrogen and oxygen atoms in total. The Balaban J connectivity index is 2.09. The van der Waals surface area contributed by atoms with Crippen LogP contribution in [0.3, 0.4) is 0 Å². The number of nitrogens with one attached hydrogen (secondary N) is 1. The Kier molecular flexibility index (Phi) is 3.22. The summed E-state index contributed by atoms with van der Waals surface area (Å²) in [7, 11) is 1.84. The van der Waals surface area contributed by atoms with E-state index in [4.69, 9.17) is 0 Å². The molecule has 0 saturated heterocycles. The first-order chi connectivity index (χ1) is 8.20. The lowest BCUT2D eigenvalue weighted by Gasteiger charge is -2.08. The molecule has 2 rings (SSSR count).